The maximum atomic E-state index is 6.12. The van der Waals surface area contributed by atoms with Crippen LogP contribution in [0.15, 0.2) is 18.2 Å². The van der Waals surface area contributed by atoms with E-state index in [-0.39, 0.29) is 6.04 Å². The maximum Gasteiger partial charge on any atom is 0.0462 e. The van der Waals surface area contributed by atoms with Crippen molar-refractivity contribution in [1.29, 1.82) is 0 Å². The molecule has 1 atom stereocenters. The lowest BCUT2D eigenvalue weighted by molar-refractivity contribution is 0.513. The average molecular weight is 197 g/mol. The number of rotatable bonds is 1. The Kier molecular flexibility index (Phi) is 2.54. The van der Waals surface area contributed by atoms with Crippen molar-refractivity contribution in [3.63, 3.8) is 0 Å². The van der Waals surface area contributed by atoms with E-state index in [2.05, 4.69) is 11.4 Å². The Labute approximate surface area is 83.1 Å². The van der Waals surface area contributed by atoms with Crippen LogP contribution in [0.4, 0.5) is 0 Å². The number of hydrogen-bond donors (Lipinski definition) is 2. The topological polar surface area (TPSA) is 38.0 Å². The van der Waals surface area contributed by atoms with Gasteiger partial charge in [-0.2, -0.15) is 0 Å². The number of halogens is 1. The number of nitrogens with two attached hydrogens (primary N) is 1. The summed E-state index contributed by atoms with van der Waals surface area (Å²) in [6, 6.07) is 6.29. The SMILES string of the molecule is NCC1NCCc2cccc(Cl)c21. The van der Waals surface area contributed by atoms with Crippen LogP contribution in [0.2, 0.25) is 5.02 Å². The van der Waals surface area contributed by atoms with Gasteiger partial charge in [-0.3, -0.25) is 0 Å². The molecule has 3 N–H and O–H groups in total. The van der Waals surface area contributed by atoms with Crippen LogP contribution < -0.4 is 11.1 Å². The fraction of sp³-hybridized carbons (Fsp3) is 0.400. The Balaban J connectivity index is 2.47. The van der Waals surface area contributed by atoms with Crippen molar-refractivity contribution in [3.05, 3.63) is 34.3 Å². The van der Waals surface area contributed by atoms with E-state index in [0.29, 0.717) is 6.54 Å². The Morgan fingerprint density at radius 3 is 3.15 bits per heavy atom. The van der Waals surface area contributed by atoms with E-state index >= 15 is 0 Å². The van der Waals surface area contributed by atoms with Crippen molar-refractivity contribution in [2.75, 3.05) is 13.1 Å². The Hall–Kier alpha value is -0.570. The van der Waals surface area contributed by atoms with Gasteiger partial charge in [0.05, 0.1) is 0 Å². The first-order chi connectivity index (χ1) is 6.33. The van der Waals surface area contributed by atoms with Gasteiger partial charge in [-0.25, -0.2) is 0 Å². The lowest BCUT2D eigenvalue weighted by atomic mass is 9.94. The molecule has 1 heterocycles. The molecule has 1 aliphatic rings. The third kappa shape index (κ3) is 1.57. The normalized spacial score (nSPS) is 21.2. The lowest BCUT2D eigenvalue weighted by Gasteiger charge is -2.26. The van der Waals surface area contributed by atoms with Gasteiger partial charge in [0, 0.05) is 17.6 Å². The summed E-state index contributed by atoms with van der Waals surface area (Å²) in [5, 5.41) is 4.19. The number of nitrogens with one attached hydrogen (secondary N) is 1. The molecule has 0 bridgehead atoms. The Morgan fingerprint density at radius 1 is 1.54 bits per heavy atom. The largest absolute Gasteiger partial charge is 0.329 e. The van der Waals surface area contributed by atoms with E-state index in [0.717, 1.165) is 18.0 Å². The van der Waals surface area contributed by atoms with Gasteiger partial charge in [0.15, 0.2) is 0 Å². The number of hydrogen-bond acceptors (Lipinski definition) is 2. The first-order valence-electron chi connectivity index (χ1n) is 4.53. The minimum atomic E-state index is 0.234. The Bertz CT molecular complexity index is 312. The van der Waals surface area contributed by atoms with E-state index in [4.69, 9.17) is 17.3 Å². The van der Waals surface area contributed by atoms with Gasteiger partial charge in [0.2, 0.25) is 0 Å². The van der Waals surface area contributed by atoms with Crippen LogP contribution in [-0.2, 0) is 6.42 Å². The van der Waals surface area contributed by atoms with Crippen molar-refractivity contribution in [1.82, 2.24) is 5.32 Å². The molecule has 0 aliphatic carbocycles. The molecule has 1 aliphatic heterocycles. The first-order valence-corrected chi connectivity index (χ1v) is 4.91. The molecular weight excluding hydrogens is 184 g/mol. The summed E-state index contributed by atoms with van der Waals surface area (Å²) < 4.78 is 0. The van der Waals surface area contributed by atoms with Crippen LogP contribution >= 0.6 is 11.6 Å². The summed E-state index contributed by atoms with van der Waals surface area (Å²) in [7, 11) is 0. The molecule has 2 rings (SSSR count). The monoisotopic (exact) mass is 196 g/mol. The second-order valence-corrected chi connectivity index (χ2v) is 3.71. The molecule has 1 aromatic rings. The molecule has 0 saturated carbocycles. The fourth-order valence-electron chi connectivity index (χ4n) is 1.87. The van der Waals surface area contributed by atoms with E-state index in [1.165, 1.54) is 11.1 Å². The average Bonchev–Trinajstić information content (AvgIpc) is 2.17. The van der Waals surface area contributed by atoms with Crippen molar-refractivity contribution in [3.8, 4) is 0 Å². The van der Waals surface area contributed by atoms with Gasteiger partial charge in [0.1, 0.15) is 0 Å². The molecule has 0 aromatic heterocycles. The standard InChI is InChI=1S/C10H13ClN2/c11-8-3-1-2-7-4-5-13-9(6-12)10(7)8/h1-3,9,13H,4-6,12H2. The van der Waals surface area contributed by atoms with Crippen LogP contribution in [0, 0.1) is 0 Å². The van der Waals surface area contributed by atoms with Gasteiger partial charge < -0.3 is 11.1 Å². The quantitative estimate of drug-likeness (QED) is 0.714. The summed E-state index contributed by atoms with van der Waals surface area (Å²) in [6.07, 6.45) is 1.05. The molecule has 0 saturated heterocycles. The summed E-state index contributed by atoms with van der Waals surface area (Å²) in [6.45, 7) is 1.60. The molecule has 0 amide bonds. The molecule has 70 valence electrons. The minimum absolute atomic E-state index is 0.234. The van der Waals surface area contributed by atoms with E-state index in [1.54, 1.807) is 0 Å². The van der Waals surface area contributed by atoms with Gasteiger partial charge in [-0.15, -0.1) is 0 Å². The molecular formula is C10H13ClN2. The molecule has 3 heteroatoms. The van der Waals surface area contributed by atoms with Crippen LogP contribution in [0.3, 0.4) is 0 Å². The van der Waals surface area contributed by atoms with Crippen LogP contribution in [-0.4, -0.2) is 13.1 Å². The molecule has 2 nitrogen and oxygen atoms in total. The highest BCUT2D eigenvalue weighted by Gasteiger charge is 2.20. The molecule has 1 aromatic carbocycles. The van der Waals surface area contributed by atoms with Gasteiger partial charge in [-0.1, -0.05) is 23.7 Å². The summed E-state index contributed by atoms with van der Waals surface area (Å²) in [5.41, 5.74) is 8.19. The van der Waals surface area contributed by atoms with E-state index in [9.17, 15) is 0 Å². The highest BCUT2D eigenvalue weighted by molar-refractivity contribution is 6.31. The predicted molar refractivity (Wildman–Crippen MR) is 55.0 cm³/mol. The van der Waals surface area contributed by atoms with Crippen LogP contribution in [0.1, 0.15) is 17.2 Å². The second-order valence-electron chi connectivity index (χ2n) is 3.31. The van der Waals surface area contributed by atoms with Crippen molar-refractivity contribution in [2.45, 2.75) is 12.5 Å². The van der Waals surface area contributed by atoms with Crippen molar-refractivity contribution in [2.24, 2.45) is 5.73 Å². The third-order valence-electron chi connectivity index (χ3n) is 2.51. The third-order valence-corrected chi connectivity index (χ3v) is 2.84. The highest BCUT2D eigenvalue weighted by atomic mass is 35.5. The molecule has 0 fully saturated rings. The number of benzene rings is 1. The number of fused-ring (bicyclic) bond motifs is 1. The van der Waals surface area contributed by atoms with Crippen molar-refractivity contribution < 1.29 is 0 Å². The lowest BCUT2D eigenvalue weighted by Crippen LogP contribution is -2.34. The van der Waals surface area contributed by atoms with Gasteiger partial charge in [-0.05, 0) is 30.2 Å². The molecule has 0 radical (unpaired) electrons. The zero-order valence-electron chi connectivity index (χ0n) is 7.39. The van der Waals surface area contributed by atoms with Gasteiger partial charge in [0.25, 0.3) is 0 Å². The smallest absolute Gasteiger partial charge is 0.0462 e. The zero-order valence-corrected chi connectivity index (χ0v) is 8.14. The summed E-state index contributed by atoms with van der Waals surface area (Å²) in [5.74, 6) is 0. The van der Waals surface area contributed by atoms with Crippen molar-refractivity contribution >= 4 is 11.6 Å². The zero-order chi connectivity index (χ0) is 9.26. The van der Waals surface area contributed by atoms with Gasteiger partial charge >= 0.3 is 0 Å². The van der Waals surface area contributed by atoms with E-state index in [1.807, 2.05) is 12.1 Å². The maximum absolute atomic E-state index is 6.12. The highest BCUT2D eigenvalue weighted by Crippen LogP contribution is 2.28. The summed E-state index contributed by atoms with van der Waals surface area (Å²) in [4.78, 5) is 0. The minimum Gasteiger partial charge on any atom is -0.329 e. The fourth-order valence-corrected chi connectivity index (χ4v) is 2.20. The van der Waals surface area contributed by atoms with Crippen LogP contribution in [0.5, 0.6) is 0 Å². The molecule has 13 heavy (non-hydrogen) atoms. The van der Waals surface area contributed by atoms with Crippen LogP contribution in [0.25, 0.3) is 0 Å². The second kappa shape index (κ2) is 3.66. The predicted octanol–water partition coefficient (Wildman–Crippen LogP) is 1.49. The summed E-state index contributed by atoms with van der Waals surface area (Å²) >= 11 is 6.12. The Morgan fingerprint density at radius 2 is 2.38 bits per heavy atom. The first kappa shape index (κ1) is 9.00. The van der Waals surface area contributed by atoms with E-state index < -0.39 is 0 Å². The molecule has 0 spiro atoms. The molecule has 1 unspecified atom stereocenters.